The van der Waals surface area contributed by atoms with Crippen molar-refractivity contribution >= 4 is 24.2 Å². The van der Waals surface area contributed by atoms with E-state index in [1.807, 2.05) is 13.8 Å². The smallest absolute Gasteiger partial charge is 0.245 e. The number of nitrogens with zero attached hydrogens (tertiary/aromatic N) is 1. The first-order valence-electron chi connectivity index (χ1n) is 6.34. The van der Waals surface area contributed by atoms with Crippen molar-refractivity contribution < 1.29 is 9.59 Å². The van der Waals surface area contributed by atoms with Crippen LogP contribution in [0.4, 0.5) is 0 Å². The van der Waals surface area contributed by atoms with Crippen molar-refractivity contribution in [1.82, 2.24) is 15.5 Å². The summed E-state index contributed by atoms with van der Waals surface area (Å²) >= 11 is 0. The Hall–Kier alpha value is -0.810. The average molecular weight is 276 g/mol. The topological polar surface area (TPSA) is 61.4 Å². The Bertz CT molecular complexity index is 327. The number of hydrogen-bond acceptors (Lipinski definition) is 3. The molecule has 0 aromatic carbocycles. The number of piperidine rings is 1. The average Bonchev–Trinajstić information content (AvgIpc) is 2.33. The molecule has 2 heterocycles. The molecule has 5 nitrogen and oxygen atoms in total. The van der Waals surface area contributed by atoms with Crippen molar-refractivity contribution in [2.45, 2.75) is 32.2 Å². The van der Waals surface area contributed by atoms with Crippen LogP contribution in [0.25, 0.3) is 0 Å². The van der Waals surface area contributed by atoms with Gasteiger partial charge in [0.05, 0.1) is 5.92 Å². The Balaban J connectivity index is 0.00000162. The zero-order valence-electron chi connectivity index (χ0n) is 11.0. The highest BCUT2D eigenvalue weighted by Gasteiger charge is 2.42. The lowest BCUT2D eigenvalue weighted by atomic mass is 9.92. The van der Waals surface area contributed by atoms with E-state index in [-0.39, 0.29) is 30.1 Å². The highest BCUT2D eigenvalue weighted by Crippen LogP contribution is 2.22. The quantitative estimate of drug-likeness (QED) is 0.716. The van der Waals surface area contributed by atoms with Gasteiger partial charge in [0.2, 0.25) is 11.8 Å². The minimum Gasteiger partial charge on any atom is -0.352 e. The molecule has 104 valence electrons. The second-order valence-electron chi connectivity index (χ2n) is 5.35. The Morgan fingerprint density at radius 2 is 2.11 bits per heavy atom. The number of rotatable bonds is 1. The predicted octanol–water partition coefficient (Wildman–Crippen LogP) is 0.145. The van der Waals surface area contributed by atoms with Crippen LogP contribution in [0.3, 0.4) is 0 Å². The molecular formula is C12H22ClN3O2. The zero-order valence-corrected chi connectivity index (χ0v) is 11.8. The van der Waals surface area contributed by atoms with Crippen LogP contribution in [0.1, 0.15) is 26.7 Å². The highest BCUT2D eigenvalue weighted by atomic mass is 35.5. The van der Waals surface area contributed by atoms with E-state index >= 15 is 0 Å². The van der Waals surface area contributed by atoms with Gasteiger partial charge < -0.3 is 15.5 Å². The SMILES string of the molecule is CC1(C)C(=O)NCCN1C(=O)C1CCCNC1.Cl. The fourth-order valence-corrected chi connectivity index (χ4v) is 2.57. The summed E-state index contributed by atoms with van der Waals surface area (Å²) in [4.78, 5) is 26.0. The van der Waals surface area contributed by atoms with Crippen molar-refractivity contribution in [3.05, 3.63) is 0 Å². The summed E-state index contributed by atoms with van der Waals surface area (Å²) in [5, 5.41) is 6.06. The van der Waals surface area contributed by atoms with Crippen molar-refractivity contribution in [1.29, 1.82) is 0 Å². The number of carbonyl (C=O) groups excluding carboxylic acids is 2. The molecule has 2 fully saturated rings. The maximum atomic E-state index is 12.4. The Morgan fingerprint density at radius 3 is 2.72 bits per heavy atom. The van der Waals surface area contributed by atoms with Gasteiger partial charge in [-0.25, -0.2) is 0 Å². The van der Waals surface area contributed by atoms with Crippen molar-refractivity contribution in [2.75, 3.05) is 26.2 Å². The number of nitrogens with one attached hydrogen (secondary N) is 2. The fraction of sp³-hybridized carbons (Fsp3) is 0.833. The van der Waals surface area contributed by atoms with Crippen LogP contribution < -0.4 is 10.6 Å². The summed E-state index contributed by atoms with van der Waals surface area (Å²) in [5.41, 5.74) is -0.715. The maximum Gasteiger partial charge on any atom is 0.245 e. The predicted molar refractivity (Wildman–Crippen MR) is 71.6 cm³/mol. The third-order valence-electron chi connectivity index (χ3n) is 3.76. The highest BCUT2D eigenvalue weighted by molar-refractivity contribution is 5.92. The number of piperazine rings is 1. The van der Waals surface area contributed by atoms with Gasteiger partial charge in [-0.3, -0.25) is 9.59 Å². The van der Waals surface area contributed by atoms with E-state index < -0.39 is 5.54 Å². The molecule has 0 saturated carbocycles. The van der Waals surface area contributed by atoms with Gasteiger partial charge in [0.1, 0.15) is 5.54 Å². The molecule has 0 bridgehead atoms. The lowest BCUT2D eigenvalue weighted by Crippen LogP contribution is -2.64. The first-order valence-corrected chi connectivity index (χ1v) is 6.34. The number of hydrogen-bond donors (Lipinski definition) is 2. The summed E-state index contributed by atoms with van der Waals surface area (Å²) in [7, 11) is 0. The minimum absolute atomic E-state index is 0. The van der Waals surface area contributed by atoms with Gasteiger partial charge in [-0.05, 0) is 33.2 Å². The molecule has 2 N–H and O–H groups in total. The van der Waals surface area contributed by atoms with Gasteiger partial charge in [-0.2, -0.15) is 0 Å². The van der Waals surface area contributed by atoms with Crippen LogP contribution in [-0.4, -0.2) is 48.4 Å². The molecule has 0 aliphatic carbocycles. The Morgan fingerprint density at radius 1 is 1.39 bits per heavy atom. The molecule has 2 saturated heterocycles. The molecular weight excluding hydrogens is 254 g/mol. The number of halogens is 1. The zero-order chi connectivity index (χ0) is 12.5. The van der Waals surface area contributed by atoms with E-state index in [1.54, 1.807) is 4.90 Å². The Labute approximate surface area is 114 Å². The lowest BCUT2D eigenvalue weighted by molar-refractivity contribution is -0.152. The van der Waals surface area contributed by atoms with Gasteiger partial charge in [-0.15, -0.1) is 12.4 Å². The molecule has 1 unspecified atom stereocenters. The van der Waals surface area contributed by atoms with E-state index in [0.29, 0.717) is 13.1 Å². The van der Waals surface area contributed by atoms with Crippen LogP contribution in [0, 0.1) is 5.92 Å². The number of amides is 2. The first kappa shape index (κ1) is 15.2. The molecule has 2 aliphatic rings. The molecule has 6 heteroatoms. The van der Waals surface area contributed by atoms with Gasteiger partial charge in [0.25, 0.3) is 0 Å². The van der Waals surface area contributed by atoms with Crippen LogP contribution in [-0.2, 0) is 9.59 Å². The van der Waals surface area contributed by atoms with E-state index in [2.05, 4.69) is 10.6 Å². The summed E-state index contributed by atoms with van der Waals surface area (Å²) in [6.07, 6.45) is 1.97. The fourth-order valence-electron chi connectivity index (χ4n) is 2.57. The maximum absolute atomic E-state index is 12.4. The molecule has 1 atom stereocenters. The summed E-state index contributed by atoms with van der Waals surface area (Å²) in [6.45, 7) is 6.55. The standard InChI is InChI=1S/C12H21N3O2.ClH/c1-12(2)11(17)14-6-7-15(12)10(16)9-4-3-5-13-8-9;/h9,13H,3-8H2,1-2H3,(H,14,17);1H. The van der Waals surface area contributed by atoms with Crippen LogP contribution in [0.2, 0.25) is 0 Å². The van der Waals surface area contributed by atoms with Crippen molar-refractivity contribution in [2.24, 2.45) is 5.92 Å². The number of carbonyl (C=O) groups is 2. The minimum atomic E-state index is -0.715. The summed E-state index contributed by atoms with van der Waals surface area (Å²) < 4.78 is 0. The molecule has 0 spiro atoms. The van der Waals surface area contributed by atoms with E-state index in [4.69, 9.17) is 0 Å². The largest absolute Gasteiger partial charge is 0.352 e. The molecule has 2 aliphatic heterocycles. The first-order chi connectivity index (χ1) is 8.03. The summed E-state index contributed by atoms with van der Waals surface area (Å²) in [5.74, 6) is 0.104. The normalized spacial score (nSPS) is 27.1. The van der Waals surface area contributed by atoms with Gasteiger partial charge >= 0.3 is 0 Å². The van der Waals surface area contributed by atoms with Crippen LogP contribution in [0.15, 0.2) is 0 Å². The van der Waals surface area contributed by atoms with Crippen LogP contribution >= 0.6 is 12.4 Å². The molecule has 2 amide bonds. The van der Waals surface area contributed by atoms with E-state index in [1.165, 1.54) is 0 Å². The molecule has 18 heavy (non-hydrogen) atoms. The van der Waals surface area contributed by atoms with E-state index in [9.17, 15) is 9.59 Å². The van der Waals surface area contributed by atoms with Crippen molar-refractivity contribution in [3.8, 4) is 0 Å². The monoisotopic (exact) mass is 275 g/mol. The lowest BCUT2D eigenvalue weighted by Gasteiger charge is -2.43. The second kappa shape index (κ2) is 5.89. The van der Waals surface area contributed by atoms with E-state index in [0.717, 1.165) is 25.9 Å². The molecule has 0 aromatic rings. The van der Waals surface area contributed by atoms with Crippen molar-refractivity contribution in [3.63, 3.8) is 0 Å². The Kier molecular flexibility index (Phi) is 4.99. The molecule has 2 rings (SSSR count). The third kappa shape index (κ3) is 2.78. The van der Waals surface area contributed by atoms with Gasteiger partial charge in [-0.1, -0.05) is 0 Å². The second-order valence-corrected chi connectivity index (χ2v) is 5.35. The van der Waals surface area contributed by atoms with Gasteiger partial charge in [0.15, 0.2) is 0 Å². The molecule has 0 radical (unpaired) electrons. The summed E-state index contributed by atoms with van der Waals surface area (Å²) in [6, 6.07) is 0. The third-order valence-corrected chi connectivity index (χ3v) is 3.76. The van der Waals surface area contributed by atoms with Gasteiger partial charge in [0, 0.05) is 19.6 Å². The van der Waals surface area contributed by atoms with Crippen LogP contribution in [0.5, 0.6) is 0 Å². The molecule has 0 aromatic heterocycles.